The second kappa shape index (κ2) is 11.6. The van der Waals surface area contributed by atoms with Crippen LogP contribution in [0.1, 0.15) is 24.0 Å². The average Bonchev–Trinajstić information content (AvgIpc) is 2.86. The van der Waals surface area contributed by atoms with Crippen LogP contribution >= 0.6 is 23.2 Å². The molecule has 35 heavy (non-hydrogen) atoms. The lowest BCUT2D eigenvalue weighted by atomic mass is 9.90. The highest BCUT2D eigenvalue weighted by Gasteiger charge is 2.30. The maximum absolute atomic E-state index is 13.5. The summed E-state index contributed by atoms with van der Waals surface area (Å²) in [5.74, 6) is 0.332. The number of sulfonamides is 1. The number of halogens is 2. The number of piperidine rings is 1. The zero-order valence-electron chi connectivity index (χ0n) is 19.3. The van der Waals surface area contributed by atoms with Gasteiger partial charge in [-0.2, -0.15) is 4.31 Å². The maximum Gasteiger partial charge on any atom is 0.243 e. The Hall–Kier alpha value is -2.38. The van der Waals surface area contributed by atoms with Gasteiger partial charge in [-0.15, -0.1) is 0 Å². The van der Waals surface area contributed by atoms with Crippen molar-refractivity contribution in [2.75, 3.05) is 19.6 Å². The zero-order chi connectivity index (χ0) is 24.8. The number of benzene rings is 3. The summed E-state index contributed by atoms with van der Waals surface area (Å²) < 4.78 is 28.2. The van der Waals surface area contributed by atoms with E-state index >= 15 is 0 Å². The molecule has 0 N–H and O–H groups in total. The normalized spacial score (nSPS) is 14.9. The highest BCUT2D eigenvalue weighted by Crippen LogP contribution is 2.24. The van der Waals surface area contributed by atoms with Crippen LogP contribution in [0.5, 0.6) is 0 Å². The molecule has 1 heterocycles. The van der Waals surface area contributed by atoms with E-state index in [4.69, 9.17) is 23.2 Å². The van der Waals surface area contributed by atoms with Crippen LogP contribution < -0.4 is 0 Å². The molecular formula is C27H28Cl2N2O3S. The van der Waals surface area contributed by atoms with Crippen LogP contribution in [0.15, 0.2) is 83.8 Å². The van der Waals surface area contributed by atoms with Gasteiger partial charge >= 0.3 is 0 Å². The van der Waals surface area contributed by atoms with Crippen molar-refractivity contribution in [3.63, 3.8) is 0 Å². The molecular weight excluding hydrogens is 503 g/mol. The van der Waals surface area contributed by atoms with Crippen molar-refractivity contribution in [2.24, 2.45) is 5.92 Å². The number of carbonyl (C=O) groups is 1. The predicted octanol–water partition coefficient (Wildman–Crippen LogP) is 5.67. The van der Waals surface area contributed by atoms with Gasteiger partial charge in [-0.05, 0) is 72.7 Å². The number of carbonyl (C=O) groups excluding carboxylic acids is 1. The Morgan fingerprint density at radius 2 is 1.40 bits per heavy atom. The third kappa shape index (κ3) is 6.85. The Morgan fingerprint density at radius 3 is 2.00 bits per heavy atom. The number of hydrogen-bond acceptors (Lipinski definition) is 3. The Kier molecular flexibility index (Phi) is 8.50. The number of rotatable bonds is 8. The van der Waals surface area contributed by atoms with E-state index in [-0.39, 0.29) is 23.9 Å². The van der Waals surface area contributed by atoms with Crippen LogP contribution in [0, 0.1) is 5.92 Å². The molecule has 8 heteroatoms. The summed E-state index contributed by atoms with van der Waals surface area (Å²) in [6.45, 7) is 1.10. The molecule has 0 saturated carbocycles. The molecule has 0 unspecified atom stereocenters. The van der Waals surface area contributed by atoms with E-state index in [1.807, 2.05) is 18.2 Å². The first-order valence-electron chi connectivity index (χ1n) is 11.6. The van der Waals surface area contributed by atoms with Gasteiger partial charge in [0.2, 0.25) is 15.9 Å². The van der Waals surface area contributed by atoms with Crippen LogP contribution in [0.3, 0.4) is 0 Å². The lowest BCUT2D eigenvalue weighted by Crippen LogP contribution is -2.45. The fourth-order valence-corrected chi connectivity index (χ4v) is 5.99. The smallest absolute Gasteiger partial charge is 0.243 e. The standard InChI is InChI=1S/C27H28Cl2N2O3S/c28-24-8-6-23(7-9-24)19-31(35(33,34)26-12-10-25(29)11-13-26)20-27(32)30-16-14-22(15-17-30)18-21-4-2-1-3-5-21/h1-13,22H,14-20H2. The van der Waals surface area contributed by atoms with E-state index in [0.717, 1.165) is 24.8 Å². The molecule has 1 aliphatic rings. The van der Waals surface area contributed by atoms with Crippen molar-refractivity contribution < 1.29 is 13.2 Å². The first-order chi connectivity index (χ1) is 16.8. The monoisotopic (exact) mass is 530 g/mol. The van der Waals surface area contributed by atoms with Crippen molar-refractivity contribution in [1.82, 2.24) is 9.21 Å². The van der Waals surface area contributed by atoms with Gasteiger partial charge in [0.05, 0.1) is 11.4 Å². The summed E-state index contributed by atoms with van der Waals surface area (Å²) in [5, 5.41) is 1.01. The second-order valence-corrected chi connectivity index (χ2v) is 11.7. The minimum absolute atomic E-state index is 0.0678. The fourth-order valence-electron chi connectivity index (χ4n) is 4.36. The molecule has 0 bridgehead atoms. The Balaban J connectivity index is 1.46. The minimum Gasteiger partial charge on any atom is -0.342 e. The van der Waals surface area contributed by atoms with Crippen LogP contribution in [0.2, 0.25) is 10.0 Å². The summed E-state index contributed by atoms with van der Waals surface area (Å²) in [6.07, 6.45) is 2.81. The molecule has 0 aromatic heterocycles. The molecule has 1 aliphatic heterocycles. The van der Waals surface area contributed by atoms with E-state index in [2.05, 4.69) is 12.1 Å². The van der Waals surface area contributed by atoms with Crippen molar-refractivity contribution in [1.29, 1.82) is 0 Å². The van der Waals surface area contributed by atoms with Gasteiger partial charge in [-0.3, -0.25) is 4.79 Å². The van der Waals surface area contributed by atoms with E-state index in [1.54, 1.807) is 29.2 Å². The van der Waals surface area contributed by atoms with Crippen LogP contribution in [0.4, 0.5) is 0 Å². The maximum atomic E-state index is 13.5. The topological polar surface area (TPSA) is 57.7 Å². The van der Waals surface area contributed by atoms with Gasteiger partial charge in [-0.1, -0.05) is 65.7 Å². The van der Waals surface area contributed by atoms with E-state index in [9.17, 15) is 13.2 Å². The van der Waals surface area contributed by atoms with E-state index in [1.165, 1.54) is 34.1 Å². The van der Waals surface area contributed by atoms with Gasteiger partial charge in [0.1, 0.15) is 0 Å². The summed E-state index contributed by atoms with van der Waals surface area (Å²) >= 11 is 11.9. The van der Waals surface area contributed by atoms with E-state index < -0.39 is 10.0 Å². The lowest BCUT2D eigenvalue weighted by molar-refractivity contribution is -0.132. The molecule has 0 radical (unpaired) electrons. The van der Waals surface area contributed by atoms with Gasteiger partial charge in [-0.25, -0.2) is 8.42 Å². The number of likely N-dealkylation sites (tertiary alicyclic amines) is 1. The SMILES string of the molecule is O=C(CN(Cc1ccc(Cl)cc1)S(=O)(=O)c1ccc(Cl)cc1)N1CCC(Cc2ccccc2)CC1. The molecule has 184 valence electrons. The predicted molar refractivity (Wildman–Crippen MR) is 140 cm³/mol. The number of nitrogens with zero attached hydrogens (tertiary/aromatic N) is 2. The third-order valence-electron chi connectivity index (χ3n) is 6.37. The molecule has 1 saturated heterocycles. The van der Waals surface area contributed by atoms with Gasteiger partial charge in [0, 0.05) is 29.7 Å². The molecule has 3 aromatic carbocycles. The Bertz CT molecular complexity index is 1230. The van der Waals surface area contributed by atoms with Crippen molar-refractivity contribution in [3.05, 3.63) is 100 Å². The average molecular weight is 532 g/mol. The summed E-state index contributed by atoms with van der Waals surface area (Å²) in [6, 6.07) is 23.3. The molecule has 0 aliphatic carbocycles. The molecule has 1 amide bonds. The first kappa shape index (κ1) is 25.7. The van der Waals surface area contributed by atoms with Gasteiger partial charge < -0.3 is 4.90 Å². The molecule has 5 nitrogen and oxygen atoms in total. The Labute approximate surface area is 217 Å². The lowest BCUT2D eigenvalue weighted by Gasteiger charge is -2.33. The summed E-state index contributed by atoms with van der Waals surface area (Å²) in [7, 11) is -3.92. The van der Waals surface area contributed by atoms with Crippen molar-refractivity contribution in [2.45, 2.75) is 30.7 Å². The molecule has 3 aromatic rings. The quantitative estimate of drug-likeness (QED) is 0.377. The Morgan fingerprint density at radius 1 is 0.829 bits per heavy atom. The highest BCUT2D eigenvalue weighted by molar-refractivity contribution is 7.89. The number of hydrogen-bond donors (Lipinski definition) is 0. The van der Waals surface area contributed by atoms with Crippen molar-refractivity contribution >= 4 is 39.1 Å². The van der Waals surface area contributed by atoms with Gasteiger partial charge in [0.25, 0.3) is 0 Å². The molecule has 0 atom stereocenters. The van der Waals surface area contributed by atoms with E-state index in [0.29, 0.717) is 29.1 Å². The zero-order valence-corrected chi connectivity index (χ0v) is 21.6. The largest absolute Gasteiger partial charge is 0.342 e. The first-order valence-corrected chi connectivity index (χ1v) is 13.8. The van der Waals surface area contributed by atoms with Crippen LogP contribution in [-0.4, -0.2) is 43.2 Å². The second-order valence-electron chi connectivity index (χ2n) is 8.87. The van der Waals surface area contributed by atoms with Gasteiger partial charge in [0.15, 0.2) is 0 Å². The minimum atomic E-state index is -3.92. The summed E-state index contributed by atoms with van der Waals surface area (Å²) in [4.78, 5) is 15.1. The third-order valence-corrected chi connectivity index (χ3v) is 8.68. The van der Waals surface area contributed by atoms with Crippen LogP contribution in [0.25, 0.3) is 0 Å². The molecule has 4 rings (SSSR count). The molecule has 0 spiro atoms. The molecule has 1 fully saturated rings. The highest BCUT2D eigenvalue weighted by atomic mass is 35.5. The van der Waals surface area contributed by atoms with Crippen molar-refractivity contribution in [3.8, 4) is 0 Å². The van der Waals surface area contributed by atoms with Crippen LogP contribution in [-0.2, 0) is 27.8 Å². The fraction of sp³-hybridized carbons (Fsp3) is 0.296. The number of amides is 1. The summed E-state index contributed by atoms with van der Waals surface area (Å²) in [5.41, 5.74) is 2.06.